The lowest BCUT2D eigenvalue weighted by Crippen LogP contribution is -2.30. The van der Waals surface area contributed by atoms with Crippen LogP contribution >= 0.6 is 15.6 Å². The van der Waals surface area contributed by atoms with Gasteiger partial charge in [-0.1, -0.05) is 343 Å². The van der Waals surface area contributed by atoms with Crippen LogP contribution in [0.4, 0.5) is 0 Å². The summed E-state index contributed by atoms with van der Waals surface area (Å²) in [7, 11) is -9.91. The Labute approximate surface area is 581 Å². The van der Waals surface area contributed by atoms with E-state index in [1.165, 1.54) is 212 Å². The van der Waals surface area contributed by atoms with Crippen molar-refractivity contribution in [2.24, 2.45) is 11.8 Å². The van der Waals surface area contributed by atoms with Gasteiger partial charge >= 0.3 is 39.5 Å². The first kappa shape index (κ1) is 93.1. The number of hydrogen-bond donors (Lipinski definition) is 3. The topological polar surface area (TPSA) is 237 Å². The lowest BCUT2D eigenvalue weighted by Gasteiger charge is -2.21. The molecule has 564 valence electrons. The first-order valence-electron chi connectivity index (χ1n) is 39.5. The molecule has 0 aromatic carbocycles. The van der Waals surface area contributed by atoms with Gasteiger partial charge in [0.2, 0.25) is 0 Å². The van der Waals surface area contributed by atoms with E-state index in [4.69, 9.17) is 37.0 Å². The second-order valence-corrected chi connectivity index (χ2v) is 31.0. The van der Waals surface area contributed by atoms with Gasteiger partial charge in [0.15, 0.2) is 12.2 Å². The average Bonchev–Trinajstić information content (AvgIpc) is 2.01. The number of aliphatic hydroxyl groups is 1. The number of phosphoric acid groups is 2. The number of unbranched alkanes of at least 4 members (excludes halogenated alkanes) is 44. The van der Waals surface area contributed by atoms with Crippen molar-refractivity contribution >= 4 is 39.5 Å². The van der Waals surface area contributed by atoms with Crippen molar-refractivity contribution in [1.29, 1.82) is 0 Å². The van der Waals surface area contributed by atoms with Crippen molar-refractivity contribution in [2.75, 3.05) is 39.6 Å². The van der Waals surface area contributed by atoms with Crippen LogP contribution in [0.15, 0.2) is 0 Å². The number of esters is 4. The minimum Gasteiger partial charge on any atom is -0.462 e. The molecule has 0 aromatic rings. The van der Waals surface area contributed by atoms with Crippen molar-refractivity contribution in [1.82, 2.24) is 0 Å². The summed E-state index contributed by atoms with van der Waals surface area (Å²) in [6.45, 7) is 9.58. The average molecular weight is 1400 g/mol. The van der Waals surface area contributed by atoms with Gasteiger partial charge in [0.25, 0.3) is 0 Å². The zero-order valence-corrected chi connectivity index (χ0v) is 63.8. The zero-order valence-electron chi connectivity index (χ0n) is 62.0. The lowest BCUT2D eigenvalue weighted by molar-refractivity contribution is -0.161. The van der Waals surface area contributed by atoms with E-state index in [0.29, 0.717) is 25.7 Å². The van der Waals surface area contributed by atoms with Crippen molar-refractivity contribution in [3.63, 3.8) is 0 Å². The highest BCUT2D eigenvalue weighted by Crippen LogP contribution is 2.45. The predicted octanol–water partition coefficient (Wildman–Crippen LogP) is 22.3. The first-order valence-corrected chi connectivity index (χ1v) is 42.5. The standard InChI is InChI=1S/C76H148O17P2/c1-7-10-12-14-16-18-20-21-22-23-24-25-26-27-29-35-42-48-54-60-75(80)92-71(64-87-74(79)59-53-47-41-34-31-30-32-38-44-50-56-68(4)5)66-90-94(82,83)88-62-70(77)63-89-95(84,85)91-67-72(65-86-73(78)58-52-46-40-33-28-19-17-15-13-11-8-2)93-76(81)61-55-49-43-37-36-39-45-51-57-69(6)9-3/h68-72,77H,7-67H2,1-6H3,(H,82,83)(H,84,85)/t69?,70-,71-,72-/m1/s1. The molecule has 0 heterocycles. The largest absolute Gasteiger partial charge is 0.472 e. The fraction of sp³-hybridized carbons (Fsp3) is 0.947. The molecule has 3 unspecified atom stereocenters. The monoisotopic (exact) mass is 1400 g/mol. The van der Waals surface area contributed by atoms with E-state index in [1.807, 2.05) is 0 Å². The molecule has 0 aliphatic rings. The van der Waals surface area contributed by atoms with E-state index in [1.54, 1.807) is 0 Å². The summed E-state index contributed by atoms with van der Waals surface area (Å²) in [4.78, 5) is 72.8. The fourth-order valence-corrected chi connectivity index (χ4v) is 13.2. The molecule has 0 fully saturated rings. The number of ether oxygens (including phenoxy) is 4. The number of phosphoric ester groups is 2. The van der Waals surface area contributed by atoms with Gasteiger partial charge in [0.1, 0.15) is 19.3 Å². The molecule has 0 bridgehead atoms. The second-order valence-electron chi connectivity index (χ2n) is 28.1. The van der Waals surface area contributed by atoms with Gasteiger partial charge in [0, 0.05) is 25.7 Å². The van der Waals surface area contributed by atoms with Crippen molar-refractivity contribution in [3.05, 3.63) is 0 Å². The second kappa shape index (κ2) is 67.9. The molecule has 0 spiro atoms. The molecule has 0 radical (unpaired) electrons. The molecule has 0 rings (SSSR count). The summed E-state index contributed by atoms with van der Waals surface area (Å²) in [5.74, 6) is -0.588. The highest BCUT2D eigenvalue weighted by Gasteiger charge is 2.30. The van der Waals surface area contributed by atoms with Crippen LogP contribution in [0.2, 0.25) is 0 Å². The Bertz CT molecular complexity index is 1840. The van der Waals surface area contributed by atoms with Gasteiger partial charge in [-0.25, -0.2) is 9.13 Å². The minimum atomic E-state index is -4.96. The Kier molecular flexibility index (Phi) is 66.5. The zero-order chi connectivity index (χ0) is 70.0. The predicted molar refractivity (Wildman–Crippen MR) is 386 cm³/mol. The number of aliphatic hydroxyl groups excluding tert-OH is 1. The maximum atomic E-state index is 13.1. The highest BCUT2D eigenvalue weighted by molar-refractivity contribution is 7.47. The van der Waals surface area contributed by atoms with Gasteiger partial charge in [-0.2, -0.15) is 0 Å². The van der Waals surface area contributed by atoms with Crippen LogP contribution in [0.1, 0.15) is 395 Å². The Balaban J connectivity index is 5.24. The fourth-order valence-electron chi connectivity index (χ4n) is 11.6. The summed E-state index contributed by atoms with van der Waals surface area (Å²) >= 11 is 0. The molecule has 0 saturated carbocycles. The molecular weight excluding hydrogens is 1250 g/mol. The molecule has 95 heavy (non-hydrogen) atoms. The van der Waals surface area contributed by atoms with Gasteiger partial charge in [-0.05, 0) is 37.5 Å². The third kappa shape index (κ3) is 69.0. The summed E-state index contributed by atoms with van der Waals surface area (Å²) in [5.41, 5.74) is 0. The van der Waals surface area contributed by atoms with Gasteiger partial charge in [-0.15, -0.1) is 0 Å². The van der Waals surface area contributed by atoms with Crippen molar-refractivity contribution < 1.29 is 80.2 Å². The minimum absolute atomic E-state index is 0.105. The molecule has 0 saturated heterocycles. The van der Waals surface area contributed by atoms with Crippen LogP contribution in [0, 0.1) is 11.8 Å². The van der Waals surface area contributed by atoms with Crippen molar-refractivity contribution in [3.8, 4) is 0 Å². The van der Waals surface area contributed by atoms with Crippen LogP contribution in [0.25, 0.3) is 0 Å². The third-order valence-corrected chi connectivity index (χ3v) is 20.0. The van der Waals surface area contributed by atoms with E-state index in [-0.39, 0.29) is 25.7 Å². The SMILES string of the molecule is CCCCCCCCCCCCCCCCCCCCCC(=O)O[C@H](COC(=O)CCCCCCCCCCCCC(C)C)COP(=O)(O)OC[C@@H](O)COP(=O)(O)OC[C@@H](COC(=O)CCCCCCCCCCCCC)OC(=O)CCCCCCCCCCC(C)CC. The van der Waals surface area contributed by atoms with Crippen LogP contribution in [0.3, 0.4) is 0 Å². The van der Waals surface area contributed by atoms with E-state index >= 15 is 0 Å². The van der Waals surface area contributed by atoms with Gasteiger partial charge < -0.3 is 33.8 Å². The summed E-state index contributed by atoms with van der Waals surface area (Å²) in [6.07, 6.45) is 55.4. The molecule has 19 heteroatoms. The first-order chi connectivity index (χ1) is 45.9. The normalized spacial score (nSPS) is 14.3. The molecule has 3 N–H and O–H groups in total. The number of hydrogen-bond acceptors (Lipinski definition) is 15. The Hall–Kier alpha value is -1.94. The van der Waals surface area contributed by atoms with E-state index < -0.39 is 97.5 Å². The molecule has 0 aliphatic carbocycles. The van der Waals surface area contributed by atoms with Crippen LogP contribution < -0.4 is 0 Å². The quantitative estimate of drug-likeness (QED) is 0.0222. The Morgan fingerprint density at radius 1 is 0.305 bits per heavy atom. The van der Waals surface area contributed by atoms with E-state index in [2.05, 4.69) is 41.5 Å². The molecule has 0 aliphatic heterocycles. The third-order valence-electron chi connectivity index (χ3n) is 18.1. The number of carbonyl (C=O) groups excluding carboxylic acids is 4. The van der Waals surface area contributed by atoms with Crippen LogP contribution in [-0.2, 0) is 65.4 Å². The number of carbonyl (C=O) groups is 4. The number of rotatable bonds is 75. The van der Waals surface area contributed by atoms with Crippen molar-refractivity contribution in [2.45, 2.75) is 413 Å². The smallest absolute Gasteiger partial charge is 0.462 e. The molecule has 6 atom stereocenters. The van der Waals surface area contributed by atoms with E-state index in [0.717, 1.165) is 102 Å². The summed E-state index contributed by atoms with van der Waals surface area (Å²) in [5, 5.41) is 10.6. The Morgan fingerprint density at radius 3 is 0.800 bits per heavy atom. The maximum absolute atomic E-state index is 13.1. The molecule has 17 nitrogen and oxygen atoms in total. The van der Waals surface area contributed by atoms with Gasteiger partial charge in [-0.3, -0.25) is 37.3 Å². The highest BCUT2D eigenvalue weighted by atomic mass is 31.2. The van der Waals surface area contributed by atoms with Gasteiger partial charge in [0.05, 0.1) is 26.4 Å². The molecule has 0 aromatic heterocycles. The maximum Gasteiger partial charge on any atom is 0.472 e. The lowest BCUT2D eigenvalue weighted by atomic mass is 9.99. The molecular formula is C76H148O17P2. The van der Waals surface area contributed by atoms with Crippen LogP contribution in [-0.4, -0.2) is 96.7 Å². The molecule has 0 amide bonds. The summed E-state index contributed by atoms with van der Waals surface area (Å²) < 4.78 is 68.5. The summed E-state index contributed by atoms with van der Waals surface area (Å²) in [6, 6.07) is 0. The van der Waals surface area contributed by atoms with E-state index in [9.17, 15) is 43.2 Å². The Morgan fingerprint density at radius 2 is 0.537 bits per heavy atom. The van der Waals surface area contributed by atoms with Crippen LogP contribution in [0.5, 0.6) is 0 Å².